The molecule has 0 saturated heterocycles. The molecule has 0 radical (unpaired) electrons. The third kappa shape index (κ3) is 11.0. The third-order valence-electron chi connectivity index (χ3n) is 6.56. The Labute approximate surface area is 229 Å². The van der Waals surface area contributed by atoms with Crippen LogP contribution in [0.2, 0.25) is 0 Å². The minimum Gasteiger partial charge on any atom is -0.448 e. The number of rotatable bonds is 16. The lowest BCUT2D eigenvalue weighted by Crippen LogP contribution is -2.24. The molecule has 0 heterocycles. The average molecular weight is 511 g/mol. The molecule has 0 aliphatic carbocycles. The maximum atomic E-state index is 13.5. The van der Waals surface area contributed by atoms with E-state index in [0.29, 0.717) is 19.6 Å². The van der Waals surface area contributed by atoms with E-state index >= 15 is 0 Å². The quantitative estimate of drug-likeness (QED) is 0.110. The first kappa shape index (κ1) is 29.2. The van der Waals surface area contributed by atoms with Gasteiger partial charge in [-0.25, -0.2) is 0 Å². The summed E-state index contributed by atoms with van der Waals surface area (Å²) in [6.07, 6.45) is 9.65. The molecule has 0 N–H and O–H groups in total. The van der Waals surface area contributed by atoms with Crippen molar-refractivity contribution >= 4 is 5.97 Å². The maximum Gasteiger partial charge on any atom is 0.319 e. The van der Waals surface area contributed by atoms with Gasteiger partial charge in [-0.2, -0.15) is 0 Å². The lowest BCUT2D eigenvalue weighted by atomic mass is 9.91. The number of unbranched alkanes of at least 4 members (excludes halogenated alkanes) is 7. The first-order valence-corrected chi connectivity index (χ1v) is 14.2. The van der Waals surface area contributed by atoms with Crippen LogP contribution in [0.25, 0.3) is 0 Å². The summed E-state index contributed by atoms with van der Waals surface area (Å²) < 4.78 is 11.9. The Morgan fingerprint density at radius 3 is 1.89 bits per heavy atom. The van der Waals surface area contributed by atoms with Crippen molar-refractivity contribution < 1.29 is 14.3 Å². The summed E-state index contributed by atoms with van der Waals surface area (Å²) in [4.78, 5) is 13.5. The predicted molar refractivity (Wildman–Crippen MR) is 156 cm³/mol. The van der Waals surface area contributed by atoms with Gasteiger partial charge in [0.1, 0.15) is 5.92 Å². The van der Waals surface area contributed by atoms with Crippen LogP contribution in [0.5, 0.6) is 0 Å². The van der Waals surface area contributed by atoms with E-state index in [0.717, 1.165) is 29.5 Å². The summed E-state index contributed by atoms with van der Waals surface area (Å²) in [6, 6.07) is 29.7. The van der Waals surface area contributed by atoms with Gasteiger partial charge in [-0.3, -0.25) is 4.79 Å². The van der Waals surface area contributed by atoms with Gasteiger partial charge in [0, 0.05) is 12.8 Å². The molecule has 0 amide bonds. The van der Waals surface area contributed by atoms with Crippen molar-refractivity contribution in [1.29, 1.82) is 0 Å². The highest BCUT2D eigenvalue weighted by molar-refractivity contribution is 5.82. The second-order valence-electron chi connectivity index (χ2n) is 9.70. The molecule has 0 unspecified atom stereocenters. The van der Waals surface area contributed by atoms with Gasteiger partial charge in [0.05, 0.1) is 13.2 Å². The minimum atomic E-state index is -0.502. The molecule has 38 heavy (non-hydrogen) atoms. The van der Waals surface area contributed by atoms with E-state index in [1.165, 1.54) is 38.5 Å². The summed E-state index contributed by atoms with van der Waals surface area (Å²) in [5.41, 5.74) is 2.96. The molecular weight excluding hydrogens is 468 g/mol. The minimum absolute atomic E-state index is 0.277. The smallest absolute Gasteiger partial charge is 0.319 e. The molecule has 3 aromatic rings. The van der Waals surface area contributed by atoms with E-state index in [-0.39, 0.29) is 5.97 Å². The lowest BCUT2D eigenvalue weighted by Gasteiger charge is -2.20. The van der Waals surface area contributed by atoms with Crippen LogP contribution in [0.1, 0.15) is 87.3 Å². The van der Waals surface area contributed by atoms with Crippen LogP contribution >= 0.6 is 0 Å². The van der Waals surface area contributed by atoms with Gasteiger partial charge in [-0.1, -0.05) is 148 Å². The number of carbonyl (C=O) groups is 1. The van der Waals surface area contributed by atoms with E-state index < -0.39 is 12.0 Å². The van der Waals surface area contributed by atoms with E-state index in [9.17, 15) is 4.79 Å². The van der Waals surface area contributed by atoms with Crippen LogP contribution in [-0.4, -0.2) is 18.7 Å². The average Bonchev–Trinajstić information content (AvgIpc) is 2.96. The molecule has 0 spiro atoms. The fourth-order valence-electron chi connectivity index (χ4n) is 4.44. The van der Waals surface area contributed by atoms with Gasteiger partial charge in [-0.15, -0.1) is 0 Å². The molecule has 0 fully saturated rings. The molecule has 0 aliphatic heterocycles. The highest BCUT2D eigenvalue weighted by Gasteiger charge is 2.26. The normalized spacial score (nSPS) is 11.5. The topological polar surface area (TPSA) is 35.5 Å². The second-order valence-corrected chi connectivity index (χ2v) is 9.70. The number of esters is 1. The molecule has 3 aromatic carbocycles. The number of hydrogen-bond donors (Lipinski definition) is 0. The molecule has 3 nitrogen and oxygen atoms in total. The second kappa shape index (κ2) is 18.0. The third-order valence-corrected chi connectivity index (χ3v) is 6.56. The van der Waals surface area contributed by atoms with Crippen molar-refractivity contribution in [3.63, 3.8) is 0 Å². The van der Waals surface area contributed by atoms with Crippen LogP contribution in [0.15, 0.2) is 91.0 Å². The monoisotopic (exact) mass is 510 g/mol. The highest BCUT2D eigenvalue weighted by Crippen LogP contribution is 2.26. The van der Waals surface area contributed by atoms with Gasteiger partial charge in [0.25, 0.3) is 0 Å². The molecular formula is C35H42O3. The molecule has 0 saturated carbocycles. The Bertz CT molecular complexity index is 1040. The van der Waals surface area contributed by atoms with Gasteiger partial charge in [-0.05, 0) is 23.1 Å². The fourth-order valence-corrected chi connectivity index (χ4v) is 4.44. The van der Waals surface area contributed by atoms with Crippen LogP contribution in [0, 0.1) is 11.8 Å². The zero-order chi connectivity index (χ0) is 26.7. The molecule has 1 atom stereocenters. The summed E-state index contributed by atoms with van der Waals surface area (Å²) in [5, 5.41) is 0. The Morgan fingerprint density at radius 1 is 0.737 bits per heavy atom. The summed E-state index contributed by atoms with van der Waals surface area (Å²) in [6.45, 7) is 3.25. The molecule has 0 bridgehead atoms. The van der Waals surface area contributed by atoms with Gasteiger partial charge in [0.2, 0.25) is 0 Å². The van der Waals surface area contributed by atoms with E-state index in [2.05, 4.69) is 18.8 Å². The zero-order valence-electron chi connectivity index (χ0n) is 22.8. The zero-order valence-corrected chi connectivity index (χ0v) is 22.8. The van der Waals surface area contributed by atoms with Crippen LogP contribution in [0.3, 0.4) is 0 Å². The number of benzene rings is 3. The molecule has 3 heteroatoms. The standard InChI is InChI=1S/C35H42O3/c1-2-3-4-5-6-7-8-9-19-26-33(27-28-37-29-30-20-13-10-14-21-30)38-35(36)34(31-22-15-11-16-23-31)32-24-17-12-18-25-32/h10-18,20-25,33-34H,2-9,27-29H2,1H3/t33-/m1/s1. The Kier molecular flexibility index (Phi) is 13.8. The van der Waals surface area contributed by atoms with Crippen LogP contribution in [-0.2, 0) is 20.9 Å². The summed E-state index contributed by atoms with van der Waals surface area (Å²) >= 11 is 0. The lowest BCUT2D eigenvalue weighted by molar-refractivity contribution is -0.148. The van der Waals surface area contributed by atoms with Crippen molar-refractivity contribution in [1.82, 2.24) is 0 Å². The van der Waals surface area contributed by atoms with Gasteiger partial charge < -0.3 is 9.47 Å². The molecule has 0 aliphatic rings. The van der Waals surface area contributed by atoms with Crippen molar-refractivity contribution in [2.24, 2.45) is 0 Å². The van der Waals surface area contributed by atoms with E-state index in [1.807, 2.05) is 91.0 Å². The summed E-state index contributed by atoms with van der Waals surface area (Å²) in [7, 11) is 0. The van der Waals surface area contributed by atoms with Crippen molar-refractivity contribution in [2.45, 2.75) is 83.3 Å². The van der Waals surface area contributed by atoms with Crippen molar-refractivity contribution in [3.05, 3.63) is 108 Å². The fraction of sp³-hybridized carbons (Fsp3) is 0.400. The predicted octanol–water partition coefficient (Wildman–Crippen LogP) is 8.48. The van der Waals surface area contributed by atoms with E-state index in [1.54, 1.807) is 0 Å². The summed E-state index contributed by atoms with van der Waals surface area (Å²) in [5.74, 6) is 5.76. The number of ether oxygens (including phenoxy) is 2. The molecule has 0 aromatic heterocycles. The molecule has 3 rings (SSSR count). The van der Waals surface area contributed by atoms with Crippen LogP contribution in [0.4, 0.5) is 0 Å². The first-order chi connectivity index (χ1) is 18.8. The van der Waals surface area contributed by atoms with Crippen molar-refractivity contribution in [3.8, 4) is 11.8 Å². The largest absolute Gasteiger partial charge is 0.448 e. The Morgan fingerprint density at radius 2 is 1.29 bits per heavy atom. The SMILES string of the molecule is CCCCCCCCCC#C[C@H](CCOCc1ccccc1)OC(=O)C(c1ccccc1)c1ccccc1. The Hall–Kier alpha value is -3.35. The maximum absolute atomic E-state index is 13.5. The Balaban J connectivity index is 1.61. The van der Waals surface area contributed by atoms with Gasteiger partial charge >= 0.3 is 5.97 Å². The number of carbonyl (C=O) groups excluding carboxylic acids is 1. The molecule has 200 valence electrons. The first-order valence-electron chi connectivity index (χ1n) is 14.2. The van der Waals surface area contributed by atoms with Gasteiger partial charge in [0.15, 0.2) is 6.10 Å². The van der Waals surface area contributed by atoms with Crippen molar-refractivity contribution in [2.75, 3.05) is 6.61 Å². The number of hydrogen-bond acceptors (Lipinski definition) is 3. The van der Waals surface area contributed by atoms with E-state index in [4.69, 9.17) is 9.47 Å². The van der Waals surface area contributed by atoms with Crippen LogP contribution < -0.4 is 0 Å². The highest BCUT2D eigenvalue weighted by atomic mass is 16.5.